The van der Waals surface area contributed by atoms with Gasteiger partial charge >= 0.3 is 0 Å². The maximum atomic E-state index is 9.92. The number of aromatic hydroxyl groups is 1. The molecule has 0 bridgehead atoms. The number of para-hydroxylation sites is 1. The summed E-state index contributed by atoms with van der Waals surface area (Å²) < 4.78 is 0. The zero-order valence-corrected chi connectivity index (χ0v) is 10.9. The summed E-state index contributed by atoms with van der Waals surface area (Å²) in [4.78, 5) is 9.92. The Kier molecular flexibility index (Phi) is 7.85. The molecule has 0 aliphatic rings. The molecule has 0 heterocycles. The number of nitrogens with two attached hydrogens (primary N) is 1. The van der Waals surface area contributed by atoms with Crippen molar-refractivity contribution in [2.45, 2.75) is 40.0 Å². The number of rotatable bonds is 4. The lowest BCUT2D eigenvalue weighted by atomic mass is 10.1. The van der Waals surface area contributed by atoms with E-state index in [2.05, 4.69) is 6.92 Å². The lowest BCUT2D eigenvalue weighted by Gasteiger charge is -2.01. The molecule has 0 spiro atoms. The Morgan fingerprint density at radius 1 is 1.35 bits per heavy atom. The zero-order chi connectivity index (χ0) is 13.3. The van der Waals surface area contributed by atoms with E-state index in [1.807, 2.05) is 18.2 Å². The summed E-state index contributed by atoms with van der Waals surface area (Å²) >= 11 is 0. The topological polar surface area (TPSA) is 63.3 Å². The molecule has 0 fully saturated rings. The van der Waals surface area contributed by atoms with E-state index in [0.29, 0.717) is 5.75 Å². The quantitative estimate of drug-likeness (QED) is 0.845. The molecule has 0 unspecified atom stereocenters. The molecular formula is C14H23NO2. The molecule has 0 atom stereocenters. The van der Waals surface area contributed by atoms with Crippen LogP contribution in [0.5, 0.6) is 5.75 Å². The number of benzene rings is 1. The van der Waals surface area contributed by atoms with Crippen molar-refractivity contribution in [2.75, 3.05) is 0 Å². The molecule has 1 amide bonds. The number of carbonyl (C=O) groups excluding carboxylic acids is 1. The predicted octanol–water partition coefficient (Wildman–Crippen LogP) is 2.86. The van der Waals surface area contributed by atoms with Gasteiger partial charge in [-0.3, -0.25) is 4.79 Å². The Bertz CT molecular complexity index is 335. The third-order valence-electron chi connectivity index (χ3n) is 2.36. The number of phenolic OH excluding ortho intramolecular Hbond substituents is 1. The number of phenols is 1. The summed E-state index contributed by atoms with van der Waals surface area (Å²) in [5.41, 5.74) is 5.86. The van der Waals surface area contributed by atoms with Crippen LogP contribution in [0.1, 0.15) is 39.2 Å². The molecule has 1 rings (SSSR count). The third-order valence-corrected chi connectivity index (χ3v) is 2.36. The monoisotopic (exact) mass is 237 g/mol. The van der Waals surface area contributed by atoms with Crippen LogP contribution in [0.25, 0.3) is 0 Å². The van der Waals surface area contributed by atoms with Gasteiger partial charge in [0.1, 0.15) is 5.75 Å². The van der Waals surface area contributed by atoms with E-state index in [1.54, 1.807) is 19.9 Å². The van der Waals surface area contributed by atoms with Crippen LogP contribution in [-0.2, 0) is 11.2 Å². The SMILES string of the molecule is CC(C)C(N)=O.CCCCc1ccccc1O. The second kappa shape index (κ2) is 8.62. The van der Waals surface area contributed by atoms with Gasteiger partial charge in [-0.15, -0.1) is 0 Å². The number of amides is 1. The molecular weight excluding hydrogens is 214 g/mol. The standard InChI is InChI=1S/C10H14O.C4H9NO/c1-2-3-6-9-7-4-5-8-10(9)11;1-3(2)4(5)6/h4-5,7-8,11H,2-3,6H2,1H3;3H,1-2H3,(H2,5,6). The first-order valence-electron chi connectivity index (χ1n) is 6.05. The maximum Gasteiger partial charge on any atom is 0.219 e. The largest absolute Gasteiger partial charge is 0.508 e. The van der Waals surface area contributed by atoms with Gasteiger partial charge in [0.05, 0.1) is 0 Å². The molecule has 3 heteroatoms. The van der Waals surface area contributed by atoms with Crippen LogP contribution in [0, 0.1) is 5.92 Å². The summed E-state index contributed by atoms with van der Waals surface area (Å²) in [6.07, 6.45) is 3.31. The summed E-state index contributed by atoms with van der Waals surface area (Å²) in [7, 11) is 0. The number of hydrogen-bond acceptors (Lipinski definition) is 2. The molecule has 0 aliphatic carbocycles. The first-order valence-corrected chi connectivity index (χ1v) is 6.05. The molecule has 3 nitrogen and oxygen atoms in total. The van der Waals surface area contributed by atoms with Gasteiger partial charge in [0.15, 0.2) is 0 Å². The average molecular weight is 237 g/mol. The van der Waals surface area contributed by atoms with E-state index in [4.69, 9.17) is 5.73 Å². The van der Waals surface area contributed by atoms with Gasteiger partial charge in [-0.05, 0) is 24.5 Å². The van der Waals surface area contributed by atoms with E-state index >= 15 is 0 Å². The van der Waals surface area contributed by atoms with Crippen molar-refractivity contribution in [2.24, 2.45) is 11.7 Å². The first-order chi connectivity index (χ1) is 7.99. The number of unbranched alkanes of at least 4 members (excludes halogenated alkanes) is 1. The Hall–Kier alpha value is -1.51. The van der Waals surface area contributed by atoms with E-state index in [0.717, 1.165) is 18.4 Å². The maximum absolute atomic E-state index is 9.92. The van der Waals surface area contributed by atoms with Crippen molar-refractivity contribution >= 4 is 5.91 Å². The van der Waals surface area contributed by atoms with Crippen LogP contribution < -0.4 is 5.73 Å². The van der Waals surface area contributed by atoms with Crippen LogP contribution in [0.3, 0.4) is 0 Å². The highest BCUT2D eigenvalue weighted by atomic mass is 16.3. The fourth-order valence-electron chi connectivity index (χ4n) is 1.09. The van der Waals surface area contributed by atoms with Gasteiger partial charge in [0.25, 0.3) is 0 Å². The smallest absolute Gasteiger partial charge is 0.219 e. The molecule has 1 aromatic carbocycles. The van der Waals surface area contributed by atoms with Gasteiger partial charge in [-0.25, -0.2) is 0 Å². The van der Waals surface area contributed by atoms with Crippen molar-refractivity contribution in [1.29, 1.82) is 0 Å². The van der Waals surface area contributed by atoms with E-state index < -0.39 is 0 Å². The minimum Gasteiger partial charge on any atom is -0.508 e. The van der Waals surface area contributed by atoms with Gasteiger partial charge in [0, 0.05) is 5.92 Å². The fourth-order valence-corrected chi connectivity index (χ4v) is 1.09. The fraction of sp³-hybridized carbons (Fsp3) is 0.500. The molecule has 0 aromatic heterocycles. The summed E-state index contributed by atoms with van der Waals surface area (Å²) in [6.45, 7) is 5.69. The zero-order valence-electron chi connectivity index (χ0n) is 10.9. The Labute approximate surface area is 104 Å². The molecule has 0 radical (unpaired) electrons. The van der Waals surface area contributed by atoms with Crippen LogP contribution >= 0.6 is 0 Å². The van der Waals surface area contributed by atoms with Gasteiger partial charge in [-0.2, -0.15) is 0 Å². The number of carbonyl (C=O) groups is 1. The highest BCUT2D eigenvalue weighted by molar-refractivity contribution is 5.75. The molecule has 0 saturated carbocycles. The van der Waals surface area contributed by atoms with Crippen LogP contribution in [0.4, 0.5) is 0 Å². The van der Waals surface area contributed by atoms with E-state index in [1.165, 1.54) is 6.42 Å². The second-order valence-electron chi connectivity index (χ2n) is 4.29. The van der Waals surface area contributed by atoms with Crippen molar-refractivity contribution in [3.05, 3.63) is 29.8 Å². The van der Waals surface area contributed by atoms with Gasteiger partial charge < -0.3 is 10.8 Å². The molecule has 1 aromatic rings. The summed E-state index contributed by atoms with van der Waals surface area (Å²) in [6, 6.07) is 7.53. The van der Waals surface area contributed by atoms with Gasteiger partial charge in [0.2, 0.25) is 5.91 Å². The van der Waals surface area contributed by atoms with Crippen LogP contribution in [-0.4, -0.2) is 11.0 Å². The minimum atomic E-state index is -0.241. The molecule has 0 saturated heterocycles. The van der Waals surface area contributed by atoms with Crippen molar-refractivity contribution in [1.82, 2.24) is 0 Å². The number of hydrogen-bond donors (Lipinski definition) is 2. The summed E-state index contributed by atoms with van der Waals surface area (Å²) in [5.74, 6) is 0.181. The number of aryl methyl sites for hydroxylation is 1. The normalized spacial score (nSPS) is 9.65. The minimum absolute atomic E-state index is 0.00926. The molecule has 3 N–H and O–H groups in total. The first kappa shape index (κ1) is 15.5. The predicted molar refractivity (Wildman–Crippen MR) is 70.8 cm³/mol. The summed E-state index contributed by atoms with van der Waals surface area (Å²) in [5, 5.41) is 9.34. The molecule has 0 aliphatic heterocycles. The Morgan fingerprint density at radius 2 is 1.88 bits per heavy atom. The Morgan fingerprint density at radius 3 is 2.29 bits per heavy atom. The highest BCUT2D eigenvalue weighted by Crippen LogP contribution is 2.17. The van der Waals surface area contributed by atoms with Crippen LogP contribution in [0.15, 0.2) is 24.3 Å². The van der Waals surface area contributed by atoms with Crippen molar-refractivity contribution < 1.29 is 9.90 Å². The number of primary amides is 1. The average Bonchev–Trinajstić information content (AvgIpc) is 2.29. The molecule has 96 valence electrons. The highest BCUT2D eigenvalue weighted by Gasteiger charge is 1.97. The van der Waals surface area contributed by atoms with E-state index in [-0.39, 0.29) is 11.8 Å². The Balaban J connectivity index is 0.000000366. The van der Waals surface area contributed by atoms with Crippen LogP contribution in [0.2, 0.25) is 0 Å². The van der Waals surface area contributed by atoms with E-state index in [9.17, 15) is 9.90 Å². The van der Waals surface area contributed by atoms with Gasteiger partial charge in [-0.1, -0.05) is 45.4 Å². The van der Waals surface area contributed by atoms with Crippen molar-refractivity contribution in [3.63, 3.8) is 0 Å². The lowest BCUT2D eigenvalue weighted by Crippen LogP contribution is -2.17. The third kappa shape index (κ3) is 7.39. The molecule has 17 heavy (non-hydrogen) atoms. The van der Waals surface area contributed by atoms with Crippen molar-refractivity contribution in [3.8, 4) is 5.75 Å². The lowest BCUT2D eigenvalue weighted by molar-refractivity contribution is -0.120. The second-order valence-corrected chi connectivity index (χ2v) is 4.29.